The average Bonchev–Trinajstić information content (AvgIpc) is 3.14. The first-order chi connectivity index (χ1) is 10.2. The maximum absolute atomic E-state index is 11.8. The number of hydrogen-bond acceptors (Lipinski definition) is 5. The Kier molecular flexibility index (Phi) is 3.27. The Hall–Kier alpha value is -2.89. The van der Waals surface area contributed by atoms with Crippen LogP contribution >= 0.6 is 0 Å². The molecule has 6 heteroatoms. The summed E-state index contributed by atoms with van der Waals surface area (Å²) in [5.41, 5.74) is 2.37. The number of rotatable bonds is 3. The van der Waals surface area contributed by atoms with E-state index in [0.29, 0.717) is 22.6 Å². The summed E-state index contributed by atoms with van der Waals surface area (Å²) in [5, 5.41) is 8.21. The molecule has 0 aliphatic carbocycles. The minimum absolute atomic E-state index is 0.324. The second kappa shape index (κ2) is 5.24. The maximum atomic E-state index is 11.8. The van der Waals surface area contributed by atoms with Gasteiger partial charge in [-0.3, -0.25) is 0 Å². The number of hydrogen-bond donors (Lipinski definition) is 0. The third kappa shape index (κ3) is 2.31. The molecule has 2 aromatic heterocycles. The number of aryl methyl sites for hydroxylation is 1. The number of benzene rings is 1. The molecule has 0 atom stereocenters. The highest BCUT2D eigenvalue weighted by atomic mass is 16.5. The summed E-state index contributed by atoms with van der Waals surface area (Å²) < 4.78 is 11.6. The number of methoxy groups -OCH3 is 1. The molecule has 106 valence electrons. The monoisotopic (exact) mass is 283 g/mol. The van der Waals surface area contributed by atoms with Crippen LogP contribution in [0.15, 0.2) is 47.2 Å². The summed E-state index contributed by atoms with van der Waals surface area (Å²) in [6.45, 7) is 1.67. The fourth-order valence-corrected chi connectivity index (χ4v) is 2.08. The Labute approximate surface area is 120 Å². The third-order valence-corrected chi connectivity index (χ3v) is 3.13. The molecule has 3 rings (SSSR count). The van der Waals surface area contributed by atoms with Gasteiger partial charge in [-0.1, -0.05) is 23.4 Å². The van der Waals surface area contributed by atoms with Crippen LogP contribution in [0.3, 0.4) is 0 Å². The zero-order valence-corrected chi connectivity index (χ0v) is 11.6. The van der Waals surface area contributed by atoms with Crippen LogP contribution in [0.1, 0.15) is 16.1 Å². The molecule has 0 radical (unpaired) electrons. The Balaban J connectivity index is 2.03. The lowest BCUT2D eigenvalue weighted by atomic mass is 10.1. The van der Waals surface area contributed by atoms with Crippen LogP contribution in [0, 0.1) is 6.92 Å². The predicted octanol–water partition coefficient (Wildman–Crippen LogP) is 2.62. The van der Waals surface area contributed by atoms with Crippen molar-refractivity contribution in [2.75, 3.05) is 7.11 Å². The van der Waals surface area contributed by atoms with Crippen molar-refractivity contribution in [2.24, 2.45) is 0 Å². The van der Waals surface area contributed by atoms with Crippen molar-refractivity contribution in [2.45, 2.75) is 6.92 Å². The molecule has 0 N–H and O–H groups in total. The van der Waals surface area contributed by atoms with E-state index in [1.165, 1.54) is 7.11 Å². The molecule has 2 heterocycles. The molecule has 0 aliphatic heterocycles. The molecular formula is C15H13N3O3. The smallest absolute Gasteiger partial charge is 0.343 e. The summed E-state index contributed by atoms with van der Waals surface area (Å²) in [7, 11) is 1.33. The molecule has 0 aliphatic rings. The zero-order valence-electron chi connectivity index (χ0n) is 11.6. The second-order valence-corrected chi connectivity index (χ2v) is 4.46. The largest absolute Gasteiger partial charge is 0.465 e. The first-order valence-corrected chi connectivity index (χ1v) is 6.35. The highest BCUT2D eigenvalue weighted by Crippen LogP contribution is 2.26. The van der Waals surface area contributed by atoms with Crippen LogP contribution < -0.4 is 0 Å². The number of ether oxygens (including phenoxy) is 1. The number of nitrogens with zero attached hydrogens (tertiary/aromatic N) is 3. The Morgan fingerprint density at radius 2 is 2.05 bits per heavy atom. The lowest BCUT2D eigenvalue weighted by Crippen LogP contribution is -2.03. The van der Waals surface area contributed by atoms with E-state index in [4.69, 9.17) is 9.26 Å². The second-order valence-electron chi connectivity index (χ2n) is 4.46. The van der Waals surface area contributed by atoms with Crippen molar-refractivity contribution in [1.29, 1.82) is 0 Å². The fraction of sp³-hybridized carbons (Fsp3) is 0.133. The Bertz CT molecular complexity index is 775. The summed E-state index contributed by atoms with van der Waals surface area (Å²) >= 11 is 0. The van der Waals surface area contributed by atoms with Crippen molar-refractivity contribution in [3.63, 3.8) is 0 Å². The highest BCUT2D eigenvalue weighted by molar-refractivity contribution is 5.96. The number of aromatic nitrogens is 3. The summed E-state index contributed by atoms with van der Waals surface area (Å²) in [5.74, 6) is -0.0551. The SMILES string of the molecule is COC(=O)c1c(-c2cnn(-c3ccccc3)c2)noc1C. The van der Waals surface area contributed by atoms with Crippen molar-refractivity contribution < 1.29 is 14.1 Å². The summed E-state index contributed by atoms with van der Waals surface area (Å²) in [4.78, 5) is 11.8. The standard InChI is InChI=1S/C15H13N3O3/c1-10-13(15(19)20-2)14(17-21-10)11-8-16-18(9-11)12-6-4-3-5-7-12/h3-9H,1-2H3. The van der Waals surface area contributed by atoms with Gasteiger partial charge >= 0.3 is 5.97 Å². The van der Waals surface area contributed by atoms with Crippen LogP contribution in [-0.4, -0.2) is 28.0 Å². The molecule has 0 unspecified atom stereocenters. The van der Waals surface area contributed by atoms with Crippen LogP contribution in [0.5, 0.6) is 0 Å². The van der Waals surface area contributed by atoms with Crippen molar-refractivity contribution in [1.82, 2.24) is 14.9 Å². The van der Waals surface area contributed by atoms with Gasteiger partial charge in [0.05, 0.1) is 19.0 Å². The Morgan fingerprint density at radius 1 is 1.29 bits per heavy atom. The molecular weight excluding hydrogens is 270 g/mol. The van der Waals surface area contributed by atoms with E-state index >= 15 is 0 Å². The third-order valence-electron chi connectivity index (χ3n) is 3.13. The minimum Gasteiger partial charge on any atom is -0.465 e. The molecule has 3 aromatic rings. The van der Waals surface area contributed by atoms with E-state index in [1.54, 1.807) is 24.0 Å². The van der Waals surface area contributed by atoms with Crippen LogP contribution in [0.25, 0.3) is 16.9 Å². The highest BCUT2D eigenvalue weighted by Gasteiger charge is 2.23. The topological polar surface area (TPSA) is 70.2 Å². The van der Waals surface area contributed by atoms with Crippen molar-refractivity contribution in [3.8, 4) is 16.9 Å². The van der Waals surface area contributed by atoms with E-state index < -0.39 is 5.97 Å². The van der Waals surface area contributed by atoms with E-state index in [0.717, 1.165) is 5.69 Å². The molecule has 1 aromatic carbocycles. The van der Waals surface area contributed by atoms with Gasteiger partial charge < -0.3 is 9.26 Å². The van der Waals surface area contributed by atoms with Gasteiger partial charge in [0.15, 0.2) is 0 Å². The fourth-order valence-electron chi connectivity index (χ4n) is 2.08. The number of para-hydroxylation sites is 1. The first-order valence-electron chi connectivity index (χ1n) is 6.35. The molecule has 0 fully saturated rings. The molecule has 0 saturated heterocycles. The van der Waals surface area contributed by atoms with Gasteiger partial charge in [-0.05, 0) is 19.1 Å². The Morgan fingerprint density at radius 3 is 2.76 bits per heavy atom. The molecule has 6 nitrogen and oxygen atoms in total. The maximum Gasteiger partial charge on any atom is 0.343 e. The van der Waals surface area contributed by atoms with Crippen LogP contribution in [-0.2, 0) is 4.74 Å². The van der Waals surface area contributed by atoms with Gasteiger partial charge in [-0.2, -0.15) is 5.10 Å². The van der Waals surface area contributed by atoms with E-state index in [-0.39, 0.29) is 0 Å². The van der Waals surface area contributed by atoms with E-state index in [9.17, 15) is 4.79 Å². The van der Waals surface area contributed by atoms with Gasteiger partial charge in [0.1, 0.15) is 17.0 Å². The van der Waals surface area contributed by atoms with Crippen LogP contribution in [0.2, 0.25) is 0 Å². The molecule has 0 saturated carbocycles. The minimum atomic E-state index is -0.476. The lowest BCUT2D eigenvalue weighted by molar-refractivity contribution is 0.0599. The predicted molar refractivity (Wildman–Crippen MR) is 75.1 cm³/mol. The molecule has 21 heavy (non-hydrogen) atoms. The van der Waals surface area contributed by atoms with Crippen LogP contribution in [0.4, 0.5) is 0 Å². The zero-order chi connectivity index (χ0) is 14.8. The number of esters is 1. The van der Waals surface area contributed by atoms with Gasteiger partial charge in [-0.15, -0.1) is 0 Å². The summed E-state index contributed by atoms with van der Waals surface area (Å²) in [6, 6.07) is 9.66. The van der Waals surface area contributed by atoms with Crippen molar-refractivity contribution in [3.05, 3.63) is 54.0 Å². The van der Waals surface area contributed by atoms with Gasteiger partial charge in [0.2, 0.25) is 0 Å². The average molecular weight is 283 g/mol. The quantitative estimate of drug-likeness (QED) is 0.691. The van der Waals surface area contributed by atoms with E-state index in [2.05, 4.69) is 10.3 Å². The summed E-state index contributed by atoms with van der Waals surface area (Å²) in [6.07, 6.45) is 3.43. The van der Waals surface area contributed by atoms with Gasteiger partial charge in [0.25, 0.3) is 0 Å². The molecule has 0 bridgehead atoms. The lowest BCUT2D eigenvalue weighted by Gasteiger charge is -1.99. The van der Waals surface area contributed by atoms with Gasteiger partial charge in [0, 0.05) is 11.8 Å². The van der Waals surface area contributed by atoms with E-state index in [1.807, 2.05) is 30.3 Å². The normalized spacial score (nSPS) is 10.6. The molecule has 0 amide bonds. The van der Waals surface area contributed by atoms with Gasteiger partial charge in [-0.25, -0.2) is 9.48 Å². The first kappa shape index (κ1) is 13.1. The van der Waals surface area contributed by atoms with Crippen molar-refractivity contribution >= 4 is 5.97 Å². The number of carbonyl (C=O) groups is 1. The molecule has 0 spiro atoms. The number of carbonyl (C=O) groups excluding carboxylic acids is 1.